The molecule has 0 bridgehead atoms. The first kappa shape index (κ1) is 20.5. The molecule has 7 nitrogen and oxygen atoms in total. The van der Waals surface area contributed by atoms with Gasteiger partial charge in [-0.25, -0.2) is 9.59 Å². The summed E-state index contributed by atoms with van der Waals surface area (Å²) in [6, 6.07) is 6.73. The Balaban J connectivity index is 2.28. The van der Waals surface area contributed by atoms with Gasteiger partial charge in [0.1, 0.15) is 5.75 Å². The summed E-state index contributed by atoms with van der Waals surface area (Å²) in [5, 5.41) is 4.66. The molecule has 25 heavy (non-hydrogen) atoms. The third-order valence-electron chi connectivity index (χ3n) is 3.51. The average Bonchev–Trinajstić information content (AvgIpc) is 2.58. The Morgan fingerprint density at radius 2 is 1.68 bits per heavy atom. The fourth-order valence-electron chi connectivity index (χ4n) is 1.80. The van der Waals surface area contributed by atoms with Gasteiger partial charge in [-0.3, -0.25) is 10.1 Å². The summed E-state index contributed by atoms with van der Waals surface area (Å²) in [6.45, 7) is 7.04. The highest BCUT2D eigenvalue weighted by Crippen LogP contribution is 2.18. The lowest BCUT2D eigenvalue weighted by Gasteiger charge is -2.12. The molecule has 7 heteroatoms. The molecule has 1 atom stereocenters. The van der Waals surface area contributed by atoms with E-state index in [0.29, 0.717) is 11.7 Å². The molecule has 1 aromatic rings. The monoisotopic (exact) mass is 350 g/mol. The van der Waals surface area contributed by atoms with Gasteiger partial charge >= 0.3 is 12.0 Å². The molecule has 1 aromatic carbocycles. The number of rotatable bonds is 8. The van der Waals surface area contributed by atoms with E-state index < -0.39 is 24.5 Å². The second kappa shape index (κ2) is 10.3. The molecule has 0 heterocycles. The van der Waals surface area contributed by atoms with Crippen LogP contribution in [0, 0.1) is 0 Å². The maximum Gasteiger partial charge on any atom is 0.344 e. The van der Waals surface area contributed by atoms with E-state index in [4.69, 9.17) is 9.47 Å². The molecule has 0 aliphatic rings. The van der Waals surface area contributed by atoms with Gasteiger partial charge in [0.2, 0.25) is 0 Å². The lowest BCUT2D eigenvalue weighted by molar-refractivity contribution is -0.150. The van der Waals surface area contributed by atoms with Crippen molar-refractivity contribution in [2.45, 2.75) is 46.1 Å². The molecule has 0 radical (unpaired) electrons. The number of hydrogen-bond acceptors (Lipinski definition) is 5. The molecule has 0 aromatic heterocycles. The zero-order chi connectivity index (χ0) is 18.8. The summed E-state index contributed by atoms with van der Waals surface area (Å²) in [5.74, 6) is -0.436. The largest absolute Gasteiger partial charge is 0.482 e. The number of ether oxygens (including phenoxy) is 2. The second-order valence-electron chi connectivity index (χ2n) is 6.00. The molecule has 0 saturated carbocycles. The van der Waals surface area contributed by atoms with Gasteiger partial charge in [0.25, 0.3) is 5.91 Å². The first-order chi connectivity index (χ1) is 11.8. The topological polar surface area (TPSA) is 93.7 Å². The van der Waals surface area contributed by atoms with Gasteiger partial charge in [0.15, 0.2) is 13.2 Å². The Bertz CT molecular complexity index is 584. The highest BCUT2D eigenvalue weighted by atomic mass is 16.6. The van der Waals surface area contributed by atoms with Crippen LogP contribution in [0.25, 0.3) is 0 Å². The first-order valence-electron chi connectivity index (χ1n) is 8.30. The minimum absolute atomic E-state index is 0.0502. The molecular formula is C18H26N2O5. The minimum atomic E-state index is -0.699. The Labute approximate surface area is 148 Å². The maximum absolute atomic E-state index is 11.6. The van der Waals surface area contributed by atoms with Crippen LogP contribution >= 0.6 is 0 Å². The minimum Gasteiger partial charge on any atom is -0.482 e. The molecule has 138 valence electrons. The van der Waals surface area contributed by atoms with Gasteiger partial charge in [-0.05, 0) is 37.0 Å². The smallest absolute Gasteiger partial charge is 0.344 e. The number of benzene rings is 1. The van der Waals surface area contributed by atoms with E-state index >= 15 is 0 Å². The van der Waals surface area contributed by atoms with Crippen LogP contribution in [0.4, 0.5) is 4.79 Å². The van der Waals surface area contributed by atoms with Crippen LogP contribution in [0.15, 0.2) is 24.3 Å². The lowest BCUT2D eigenvalue weighted by Crippen LogP contribution is -2.44. The molecule has 0 saturated heterocycles. The van der Waals surface area contributed by atoms with Gasteiger partial charge in [0, 0.05) is 6.04 Å². The predicted molar refractivity (Wildman–Crippen MR) is 93.4 cm³/mol. The summed E-state index contributed by atoms with van der Waals surface area (Å²) in [4.78, 5) is 34.5. The van der Waals surface area contributed by atoms with Crippen LogP contribution in [0.2, 0.25) is 0 Å². The van der Waals surface area contributed by atoms with Crippen LogP contribution in [0.5, 0.6) is 5.75 Å². The zero-order valence-corrected chi connectivity index (χ0v) is 15.1. The van der Waals surface area contributed by atoms with Crippen molar-refractivity contribution in [2.24, 2.45) is 0 Å². The fourth-order valence-corrected chi connectivity index (χ4v) is 1.80. The summed E-state index contributed by atoms with van der Waals surface area (Å²) < 4.78 is 10.1. The summed E-state index contributed by atoms with van der Waals surface area (Å²) in [5.41, 5.74) is 1.17. The van der Waals surface area contributed by atoms with E-state index in [1.165, 1.54) is 5.56 Å². The van der Waals surface area contributed by atoms with Crippen LogP contribution in [-0.4, -0.2) is 37.2 Å². The van der Waals surface area contributed by atoms with Crippen molar-refractivity contribution in [3.63, 3.8) is 0 Å². The molecule has 0 aliphatic heterocycles. The molecular weight excluding hydrogens is 324 g/mol. The maximum atomic E-state index is 11.6. The van der Waals surface area contributed by atoms with Crippen LogP contribution in [0.1, 0.15) is 45.6 Å². The van der Waals surface area contributed by atoms with Crippen molar-refractivity contribution in [2.75, 3.05) is 13.2 Å². The van der Waals surface area contributed by atoms with Crippen molar-refractivity contribution in [1.82, 2.24) is 10.6 Å². The predicted octanol–water partition coefficient (Wildman–Crippen LogP) is 2.36. The van der Waals surface area contributed by atoms with Crippen LogP contribution in [0.3, 0.4) is 0 Å². The van der Waals surface area contributed by atoms with E-state index in [0.717, 1.165) is 6.42 Å². The average molecular weight is 350 g/mol. The van der Waals surface area contributed by atoms with E-state index in [9.17, 15) is 14.4 Å². The molecule has 0 spiro atoms. The van der Waals surface area contributed by atoms with Crippen molar-refractivity contribution < 1.29 is 23.9 Å². The van der Waals surface area contributed by atoms with Crippen molar-refractivity contribution in [1.29, 1.82) is 0 Å². The third kappa shape index (κ3) is 8.19. The summed E-state index contributed by atoms with van der Waals surface area (Å²) >= 11 is 0. The van der Waals surface area contributed by atoms with Crippen LogP contribution in [-0.2, 0) is 14.3 Å². The normalized spacial score (nSPS) is 11.6. The Hall–Kier alpha value is -2.57. The molecule has 0 aliphatic carbocycles. The van der Waals surface area contributed by atoms with Gasteiger partial charge in [-0.1, -0.05) is 32.9 Å². The standard InChI is InChI=1S/C18H26N2O5/c1-5-13(4)19-18(23)20-16(21)10-25-17(22)11-24-15-8-6-14(7-9-15)12(2)3/h6-9,12-13H,5,10-11H2,1-4H3,(H2,19,20,21,23)/t13-/m1/s1. The Morgan fingerprint density at radius 3 is 2.24 bits per heavy atom. The van der Waals surface area contributed by atoms with E-state index in [1.807, 2.05) is 26.0 Å². The number of amides is 3. The van der Waals surface area contributed by atoms with Gasteiger partial charge in [0.05, 0.1) is 0 Å². The lowest BCUT2D eigenvalue weighted by atomic mass is 10.0. The molecule has 0 fully saturated rings. The number of urea groups is 1. The number of hydrogen-bond donors (Lipinski definition) is 2. The zero-order valence-electron chi connectivity index (χ0n) is 15.1. The van der Waals surface area contributed by atoms with Crippen LogP contribution < -0.4 is 15.4 Å². The number of imide groups is 1. The third-order valence-corrected chi connectivity index (χ3v) is 3.51. The Morgan fingerprint density at radius 1 is 1.04 bits per heavy atom. The number of carbonyl (C=O) groups excluding carboxylic acids is 3. The Kier molecular flexibility index (Phi) is 8.46. The second-order valence-corrected chi connectivity index (χ2v) is 6.00. The molecule has 0 unspecified atom stereocenters. The van der Waals surface area contributed by atoms with E-state index in [-0.39, 0.29) is 12.6 Å². The number of esters is 1. The van der Waals surface area contributed by atoms with E-state index in [2.05, 4.69) is 24.5 Å². The molecule has 2 N–H and O–H groups in total. The van der Waals surface area contributed by atoms with Gasteiger partial charge in [-0.2, -0.15) is 0 Å². The fraction of sp³-hybridized carbons (Fsp3) is 0.500. The first-order valence-corrected chi connectivity index (χ1v) is 8.30. The quantitative estimate of drug-likeness (QED) is 0.702. The highest BCUT2D eigenvalue weighted by Gasteiger charge is 2.12. The summed E-state index contributed by atoms with van der Waals surface area (Å²) in [6.07, 6.45) is 0.742. The number of nitrogens with one attached hydrogen (secondary N) is 2. The van der Waals surface area contributed by atoms with Crippen molar-refractivity contribution in [3.8, 4) is 5.75 Å². The highest BCUT2D eigenvalue weighted by molar-refractivity contribution is 5.95. The summed E-state index contributed by atoms with van der Waals surface area (Å²) in [7, 11) is 0. The van der Waals surface area contributed by atoms with Gasteiger partial charge < -0.3 is 14.8 Å². The molecule has 3 amide bonds. The van der Waals surface area contributed by atoms with Crippen molar-refractivity contribution >= 4 is 17.9 Å². The van der Waals surface area contributed by atoms with Crippen molar-refractivity contribution in [3.05, 3.63) is 29.8 Å². The van der Waals surface area contributed by atoms with Gasteiger partial charge in [-0.15, -0.1) is 0 Å². The van der Waals surface area contributed by atoms with E-state index in [1.54, 1.807) is 12.1 Å². The SMILES string of the molecule is CC[C@@H](C)NC(=O)NC(=O)COC(=O)COc1ccc(C(C)C)cc1. The number of carbonyl (C=O) groups is 3. The molecule has 1 rings (SSSR count).